The lowest BCUT2D eigenvalue weighted by molar-refractivity contribution is -0.123. The molecular formula is C16H26ClN3O. The Morgan fingerprint density at radius 2 is 2.00 bits per heavy atom. The number of amides is 1. The molecule has 4 nitrogen and oxygen atoms in total. The zero-order valence-corrected chi connectivity index (χ0v) is 14.3. The van der Waals surface area contributed by atoms with E-state index in [-0.39, 0.29) is 11.8 Å². The number of benzene rings is 1. The molecule has 1 aromatic carbocycles. The van der Waals surface area contributed by atoms with Gasteiger partial charge in [-0.2, -0.15) is 0 Å². The Balaban J connectivity index is 2.90. The number of rotatable bonds is 7. The van der Waals surface area contributed by atoms with Gasteiger partial charge in [-0.3, -0.25) is 4.79 Å². The van der Waals surface area contributed by atoms with Gasteiger partial charge >= 0.3 is 0 Å². The van der Waals surface area contributed by atoms with Crippen molar-refractivity contribution in [3.05, 3.63) is 28.8 Å². The highest BCUT2D eigenvalue weighted by Crippen LogP contribution is 2.27. The molecule has 1 amide bonds. The summed E-state index contributed by atoms with van der Waals surface area (Å²) in [5, 5.41) is 6.83. The predicted octanol–water partition coefficient (Wildman–Crippen LogP) is 2.66. The van der Waals surface area contributed by atoms with Crippen molar-refractivity contribution < 1.29 is 4.79 Å². The van der Waals surface area contributed by atoms with E-state index >= 15 is 0 Å². The first kappa shape index (κ1) is 17.8. The lowest BCUT2D eigenvalue weighted by Gasteiger charge is -2.26. The van der Waals surface area contributed by atoms with Gasteiger partial charge in [0, 0.05) is 49.5 Å². The summed E-state index contributed by atoms with van der Waals surface area (Å²) in [6.45, 7) is 7.49. The highest BCUT2D eigenvalue weighted by molar-refractivity contribution is 6.31. The van der Waals surface area contributed by atoms with Gasteiger partial charge in [-0.1, -0.05) is 38.4 Å². The molecule has 5 heteroatoms. The minimum absolute atomic E-state index is 0.0470. The van der Waals surface area contributed by atoms with E-state index in [1.807, 2.05) is 32.2 Å². The van der Waals surface area contributed by atoms with Gasteiger partial charge in [0.2, 0.25) is 5.91 Å². The molecule has 0 aliphatic rings. The van der Waals surface area contributed by atoms with E-state index in [0.717, 1.165) is 16.3 Å². The first-order chi connectivity index (χ1) is 9.86. The first-order valence-corrected chi connectivity index (χ1v) is 7.68. The molecule has 0 aliphatic heterocycles. The standard InChI is InChI=1S/C16H26ClN3O/c1-11(2)19-9-13-14(17)7-6-8-15(13)20(5)10-12(3)16(21)18-4/h6-8,11-12,19H,9-10H2,1-5H3,(H,18,21). The maximum absolute atomic E-state index is 11.7. The third-order valence-corrected chi connectivity index (χ3v) is 3.79. The second-order valence-electron chi connectivity index (χ2n) is 5.67. The quantitative estimate of drug-likeness (QED) is 0.813. The summed E-state index contributed by atoms with van der Waals surface area (Å²) in [7, 11) is 3.65. The van der Waals surface area contributed by atoms with Crippen LogP contribution in [0.4, 0.5) is 5.69 Å². The summed E-state index contributed by atoms with van der Waals surface area (Å²) in [6, 6.07) is 6.28. The minimum atomic E-state index is -0.0788. The maximum atomic E-state index is 11.7. The molecule has 21 heavy (non-hydrogen) atoms. The first-order valence-electron chi connectivity index (χ1n) is 7.30. The van der Waals surface area contributed by atoms with Crippen LogP contribution in [0, 0.1) is 5.92 Å². The normalized spacial score (nSPS) is 12.3. The molecule has 0 heterocycles. The monoisotopic (exact) mass is 311 g/mol. The van der Waals surface area contributed by atoms with Gasteiger partial charge in [-0.05, 0) is 12.1 Å². The van der Waals surface area contributed by atoms with Gasteiger partial charge in [0.05, 0.1) is 5.92 Å². The average molecular weight is 312 g/mol. The fourth-order valence-corrected chi connectivity index (χ4v) is 2.46. The molecule has 0 saturated heterocycles. The average Bonchev–Trinajstić information content (AvgIpc) is 2.44. The van der Waals surface area contributed by atoms with Crippen LogP contribution in [-0.4, -0.2) is 32.6 Å². The van der Waals surface area contributed by atoms with Crippen LogP contribution in [0.25, 0.3) is 0 Å². The van der Waals surface area contributed by atoms with Crippen molar-refractivity contribution in [2.24, 2.45) is 5.92 Å². The summed E-state index contributed by atoms with van der Waals surface area (Å²) >= 11 is 6.34. The van der Waals surface area contributed by atoms with Crippen LogP contribution in [0.3, 0.4) is 0 Å². The van der Waals surface area contributed by atoms with Gasteiger partial charge in [-0.15, -0.1) is 0 Å². The van der Waals surface area contributed by atoms with Crippen LogP contribution in [-0.2, 0) is 11.3 Å². The highest BCUT2D eigenvalue weighted by Gasteiger charge is 2.17. The Bertz CT molecular complexity index is 477. The van der Waals surface area contributed by atoms with Crippen LogP contribution in [0.1, 0.15) is 26.3 Å². The summed E-state index contributed by atoms with van der Waals surface area (Å²) in [6.07, 6.45) is 0. The zero-order valence-electron chi connectivity index (χ0n) is 13.5. The highest BCUT2D eigenvalue weighted by atomic mass is 35.5. The molecule has 1 aromatic rings. The number of nitrogens with zero attached hydrogens (tertiary/aromatic N) is 1. The molecule has 0 saturated carbocycles. The molecule has 2 N–H and O–H groups in total. The summed E-state index contributed by atoms with van der Waals surface area (Å²) < 4.78 is 0. The Morgan fingerprint density at radius 1 is 1.33 bits per heavy atom. The lowest BCUT2D eigenvalue weighted by Crippen LogP contribution is -2.35. The maximum Gasteiger partial charge on any atom is 0.224 e. The van der Waals surface area contributed by atoms with Crippen LogP contribution in [0.5, 0.6) is 0 Å². The Morgan fingerprint density at radius 3 is 2.57 bits per heavy atom. The topological polar surface area (TPSA) is 44.4 Å². The molecule has 0 spiro atoms. The van der Waals surface area contributed by atoms with Crippen molar-refractivity contribution >= 4 is 23.2 Å². The molecule has 0 bridgehead atoms. The van der Waals surface area contributed by atoms with Crippen LogP contribution < -0.4 is 15.5 Å². The second-order valence-corrected chi connectivity index (χ2v) is 6.08. The van der Waals surface area contributed by atoms with Crippen molar-refractivity contribution in [1.82, 2.24) is 10.6 Å². The van der Waals surface area contributed by atoms with E-state index in [9.17, 15) is 4.79 Å². The molecular weight excluding hydrogens is 286 g/mol. The van der Waals surface area contributed by atoms with E-state index in [4.69, 9.17) is 11.6 Å². The fourth-order valence-electron chi connectivity index (χ4n) is 2.22. The third kappa shape index (κ3) is 5.21. The van der Waals surface area contributed by atoms with Crippen molar-refractivity contribution in [3.63, 3.8) is 0 Å². The molecule has 0 radical (unpaired) electrons. The lowest BCUT2D eigenvalue weighted by atomic mass is 10.1. The van der Waals surface area contributed by atoms with Gasteiger partial charge in [0.25, 0.3) is 0 Å². The van der Waals surface area contributed by atoms with Gasteiger partial charge in [0.1, 0.15) is 0 Å². The Hall–Kier alpha value is -1.26. The molecule has 118 valence electrons. The van der Waals surface area contributed by atoms with Crippen LogP contribution >= 0.6 is 11.6 Å². The van der Waals surface area contributed by atoms with Crippen molar-refractivity contribution in [2.75, 3.05) is 25.5 Å². The summed E-state index contributed by atoms with van der Waals surface area (Å²) in [5.74, 6) is -0.0318. The molecule has 0 aromatic heterocycles. The van der Waals surface area contributed by atoms with Crippen LogP contribution in [0.2, 0.25) is 5.02 Å². The number of nitrogens with one attached hydrogen (secondary N) is 2. The number of carbonyl (C=O) groups is 1. The van der Waals surface area contributed by atoms with Gasteiger partial charge in [0.15, 0.2) is 0 Å². The Kier molecular flexibility index (Phi) is 6.99. The summed E-state index contributed by atoms with van der Waals surface area (Å²) in [4.78, 5) is 13.8. The SMILES string of the molecule is CNC(=O)C(C)CN(C)c1cccc(Cl)c1CNC(C)C. The van der Waals surface area contributed by atoms with E-state index in [1.54, 1.807) is 7.05 Å². The molecule has 1 rings (SSSR count). The Labute approximate surface area is 132 Å². The van der Waals surface area contributed by atoms with Crippen molar-refractivity contribution in [1.29, 1.82) is 0 Å². The van der Waals surface area contributed by atoms with Crippen molar-refractivity contribution in [3.8, 4) is 0 Å². The van der Waals surface area contributed by atoms with Crippen LogP contribution in [0.15, 0.2) is 18.2 Å². The molecule has 0 fully saturated rings. The number of halogens is 1. The number of carbonyl (C=O) groups excluding carboxylic acids is 1. The smallest absolute Gasteiger partial charge is 0.224 e. The number of hydrogen-bond acceptors (Lipinski definition) is 3. The molecule has 1 unspecified atom stereocenters. The number of anilines is 1. The minimum Gasteiger partial charge on any atom is -0.374 e. The second kappa shape index (κ2) is 8.25. The van der Waals surface area contributed by atoms with Crippen molar-refractivity contribution in [2.45, 2.75) is 33.4 Å². The molecule has 0 aliphatic carbocycles. The zero-order chi connectivity index (χ0) is 16.0. The van der Waals surface area contributed by atoms with E-state index in [2.05, 4.69) is 29.4 Å². The largest absolute Gasteiger partial charge is 0.374 e. The predicted molar refractivity (Wildman–Crippen MR) is 89.9 cm³/mol. The molecule has 1 atom stereocenters. The fraction of sp³-hybridized carbons (Fsp3) is 0.562. The van der Waals surface area contributed by atoms with Gasteiger partial charge in [-0.25, -0.2) is 0 Å². The summed E-state index contributed by atoms with van der Waals surface area (Å²) in [5.41, 5.74) is 2.13. The van der Waals surface area contributed by atoms with E-state index < -0.39 is 0 Å². The van der Waals surface area contributed by atoms with E-state index in [0.29, 0.717) is 19.1 Å². The van der Waals surface area contributed by atoms with E-state index in [1.165, 1.54) is 0 Å². The number of hydrogen-bond donors (Lipinski definition) is 2. The van der Waals surface area contributed by atoms with Gasteiger partial charge < -0.3 is 15.5 Å². The third-order valence-electron chi connectivity index (χ3n) is 3.43.